The largest absolute Gasteiger partial charge is 0.481 e. The number of amides is 2. The lowest BCUT2D eigenvalue weighted by Crippen LogP contribution is -2.36. The van der Waals surface area contributed by atoms with Crippen molar-refractivity contribution >= 4 is 17.8 Å². The molecule has 0 radical (unpaired) electrons. The van der Waals surface area contributed by atoms with Crippen LogP contribution < -0.4 is 5.32 Å². The van der Waals surface area contributed by atoms with Crippen LogP contribution in [0.15, 0.2) is 30.3 Å². The summed E-state index contributed by atoms with van der Waals surface area (Å²) in [6.07, 6.45) is 0. The first-order valence-corrected chi connectivity index (χ1v) is 7.35. The van der Waals surface area contributed by atoms with Gasteiger partial charge in [0.15, 0.2) is 5.82 Å². The fraction of sp³-hybridized carbons (Fsp3) is 0.312. The number of hydrogen-bond donors (Lipinski definition) is 2. The van der Waals surface area contributed by atoms with Gasteiger partial charge in [0.25, 0.3) is 0 Å². The van der Waals surface area contributed by atoms with Gasteiger partial charge in [-0.3, -0.25) is 10.1 Å². The van der Waals surface area contributed by atoms with Crippen molar-refractivity contribution in [3.63, 3.8) is 0 Å². The molecule has 2 aromatic rings. The molecule has 1 aromatic carbocycles. The maximum atomic E-state index is 13.3. The molecule has 0 aliphatic carbocycles. The average molecular weight is 334 g/mol. The standard InChI is InChI=1S/C16H19FN4O3/c1-10(15(22)23)9-20(3)16(24)18-14-7-11(2)21(19-14)13-6-4-5-12(17)8-13/h4-8,10H,9H2,1-3H3,(H,22,23)(H,18,19,24). The predicted octanol–water partition coefficient (Wildman–Crippen LogP) is 2.50. The topological polar surface area (TPSA) is 87.5 Å². The number of rotatable bonds is 5. The van der Waals surface area contributed by atoms with Crippen molar-refractivity contribution in [2.75, 3.05) is 18.9 Å². The first-order chi connectivity index (χ1) is 11.3. The van der Waals surface area contributed by atoms with Gasteiger partial charge in [-0.05, 0) is 25.1 Å². The van der Waals surface area contributed by atoms with Crippen molar-refractivity contribution in [1.82, 2.24) is 14.7 Å². The number of carboxylic acid groups (broad SMARTS) is 1. The molecule has 8 heteroatoms. The van der Waals surface area contributed by atoms with Gasteiger partial charge in [-0.1, -0.05) is 13.0 Å². The third-order valence-electron chi connectivity index (χ3n) is 3.49. The molecule has 0 saturated carbocycles. The monoisotopic (exact) mass is 334 g/mol. The Morgan fingerprint density at radius 1 is 1.42 bits per heavy atom. The molecule has 2 rings (SSSR count). The van der Waals surface area contributed by atoms with Gasteiger partial charge in [0.2, 0.25) is 0 Å². The second-order valence-corrected chi connectivity index (χ2v) is 5.61. The molecule has 7 nitrogen and oxygen atoms in total. The summed E-state index contributed by atoms with van der Waals surface area (Å²) < 4.78 is 14.8. The summed E-state index contributed by atoms with van der Waals surface area (Å²) in [4.78, 5) is 24.2. The van der Waals surface area contributed by atoms with Gasteiger partial charge in [0.05, 0.1) is 11.6 Å². The Kier molecular flexibility index (Phi) is 5.18. The van der Waals surface area contributed by atoms with Crippen molar-refractivity contribution in [2.45, 2.75) is 13.8 Å². The predicted molar refractivity (Wildman–Crippen MR) is 86.7 cm³/mol. The van der Waals surface area contributed by atoms with Crippen molar-refractivity contribution < 1.29 is 19.1 Å². The third kappa shape index (κ3) is 4.09. The molecule has 2 N–H and O–H groups in total. The van der Waals surface area contributed by atoms with Gasteiger partial charge in [0, 0.05) is 25.4 Å². The zero-order valence-electron chi connectivity index (χ0n) is 13.7. The van der Waals surface area contributed by atoms with Crippen molar-refractivity contribution in [3.8, 4) is 5.69 Å². The Bertz CT molecular complexity index is 760. The van der Waals surface area contributed by atoms with Gasteiger partial charge in [-0.2, -0.15) is 0 Å². The smallest absolute Gasteiger partial charge is 0.322 e. The van der Waals surface area contributed by atoms with Crippen LogP contribution in [0.25, 0.3) is 5.69 Å². The van der Waals surface area contributed by atoms with E-state index in [0.29, 0.717) is 11.5 Å². The summed E-state index contributed by atoms with van der Waals surface area (Å²) in [5.41, 5.74) is 1.26. The van der Waals surface area contributed by atoms with E-state index in [-0.39, 0.29) is 12.4 Å². The SMILES string of the molecule is Cc1cc(NC(=O)N(C)CC(C)C(=O)O)nn1-c1cccc(F)c1. The summed E-state index contributed by atoms with van der Waals surface area (Å²) in [7, 11) is 1.51. The molecule has 128 valence electrons. The number of aliphatic carboxylic acids is 1. The number of aryl methyl sites for hydroxylation is 1. The van der Waals surface area contributed by atoms with Gasteiger partial charge in [-0.25, -0.2) is 13.9 Å². The number of carbonyl (C=O) groups is 2. The van der Waals surface area contributed by atoms with E-state index in [2.05, 4.69) is 10.4 Å². The van der Waals surface area contributed by atoms with Gasteiger partial charge >= 0.3 is 12.0 Å². The summed E-state index contributed by atoms with van der Waals surface area (Å²) in [6.45, 7) is 3.38. The minimum atomic E-state index is -0.971. The number of anilines is 1. The Labute approximate surface area is 138 Å². The van der Waals surface area contributed by atoms with E-state index >= 15 is 0 Å². The van der Waals surface area contributed by atoms with Crippen LogP contribution in [0, 0.1) is 18.7 Å². The highest BCUT2D eigenvalue weighted by Gasteiger charge is 2.18. The number of carboxylic acids is 1. The Balaban J connectivity index is 2.10. The maximum Gasteiger partial charge on any atom is 0.322 e. The van der Waals surface area contributed by atoms with Gasteiger partial charge in [-0.15, -0.1) is 5.10 Å². The summed E-state index contributed by atoms with van der Waals surface area (Å²) in [6, 6.07) is 7.14. The van der Waals surface area contributed by atoms with E-state index in [1.54, 1.807) is 25.1 Å². The van der Waals surface area contributed by atoms with Crippen LogP contribution in [0.4, 0.5) is 15.0 Å². The second-order valence-electron chi connectivity index (χ2n) is 5.61. The molecule has 0 spiro atoms. The number of hydrogen-bond acceptors (Lipinski definition) is 3. The summed E-state index contributed by atoms with van der Waals surface area (Å²) in [5, 5.41) is 15.7. The summed E-state index contributed by atoms with van der Waals surface area (Å²) >= 11 is 0. The molecule has 0 bridgehead atoms. The average Bonchev–Trinajstić information content (AvgIpc) is 2.87. The number of nitrogens with one attached hydrogen (secondary N) is 1. The number of halogens is 1. The number of carbonyl (C=O) groups excluding carboxylic acids is 1. The number of nitrogens with zero attached hydrogens (tertiary/aromatic N) is 3. The van der Waals surface area contributed by atoms with Crippen LogP contribution >= 0.6 is 0 Å². The molecule has 1 heterocycles. The molecule has 1 atom stereocenters. The fourth-order valence-corrected chi connectivity index (χ4v) is 2.18. The maximum absolute atomic E-state index is 13.3. The third-order valence-corrected chi connectivity index (χ3v) is 3.49. The lowest BCUT2D eigenvalue weighted by atomic mass is 10.2. The lowest BCUT2D eigenvalue weighted by Gasteiger charge is -2.19. The Morgan fingerprint density at radius 3 is 2.75 bits per heavy atom. The highest BCUT2D eigenvalue weighted by Crippen LogP contribution is 2.16. The number of benzene rings is 1. The molecule has 0 aliphatic rings. The minimum absolute atomic E-state index is 0.0742. The van der Waals surface area contributed by atoms with E-state index in [0.717, 1.165) is 5.69 Å². The van der Waals surface area contributed by atoms with Gasteiger partial charge < -0.3 is 10.0 Å². The van der Waals surface area contributed by atoms with E-state index in [4.69, 9.17) is 5.11 Å². The van der Waals surface area contributed by atoms with Crippen molar-refractivity contribution in [3.05, 3.63) is 41.8 Å². The normalized spacial score (nSPS) is 11.8. The highest BCUT2D eigenvalue weighted by molar-refractivity contribution is 5.88. The molecule has 1 aromatic heterocycles. The molecule has 0 fully saturated rings. The van der Waals surface area contributed by atoms with Crippen LogP contribution in [0.1, 0.15) is 12.6 Å². The quantitative estimate of drug-likeness (QED) is 0.879. The van der Waals surface area contributed by atoms with Crippen LogP contribution in [-0.2, 0) is 4.79 Å². The molecule has 0 saturated heterocycles. The molecular weight excluding hydrogens is 315 g/mol. The van der Waals surface area contributed by atoms with Crippen LogP contribution in [-0.4, -0.2) is 45.4 Å². The zero-order valence-corrected chi connectivity index (χ0v) is 13.7. The van der Waals surface area contributed by atoms with Crippen LogP contribution in [0.5, 0.6) is 0 Å². The second kappa shape index (κ2) is 7.12. The lowest BCUT2D eigenvalue weighted by molar-refractivity contribution is -0.141. The van der Waals surface area contributed by atoms with Crippen LogP contribution in [0.2, 0.25) is 0 Å². The molecule has 2 amide bonds. The van der Waals surface area contributed by atoms with E-state index < -0.39 is 17.9 Å². The highest BCUT2D eigenvalue weighted by atomic mass is 19.1. The number of aromatic nitrogens is 2. The molecule has 24 heavy (non-hydrogen) atoms. The van der Waals surface area contributed by atoms with E-state index in [1.807, 2.05) is 0 Å². The minimum Gasteiger partial charge on any atom is -0.481 e. The van der Waals surface area contributed by atoms with Crippen molar-refractivity contribution in [1.29, 1.82) is 0 Å². The zero-order chi connectivity index (χ0) is 17.9. The van der Waals surface area contributed by atoms with E-state index in [9.17, 15) is 14.0 Å². The molecular formula is C16H19FN4O3. The van der Waals surface area contributed by atoms with Gasteiger partial charge in [0.1, 0.15) is 5.82 Å². The number of urea groups is 1. The van der Waals surface area contributed by atoms with Crippen molar-refractivity contribution in [2.24, 2.45) is 5.92 Å². The van der Waals surface area contributed by atoms with E-state index in [1.165, 1.54) is 35.7 Å². The first kappa shape index (κ1) is 17.5. The Hall–Kier alpha value is -2.90. The first-order valence-electron chi connectivity index (χ1n) is 7.35. The van der Waals surface area contributed by atoms with Crippen LogP contribution in [0.3, 0.4) is 0 Å². The Morgan fingerprint density at radius 2 is 2.12 bits per heavy atom. The molecule has 1 unspecified atom stereocenters. The molecule has 0 aliphatic heterocycles. The summed E-state index contributed by atoms with van der Waals surface area (Å²) in [5.74, 6) is -1.72. The fourth-order valence-electron chi connectivity index (χ4n) is 2.18.